The summed E-state index contributed by atoms with van der Waals surface area (Å²) < 4.78 is 18.1. The Morgan fingerprint density at radius 3 is 2.38 bits per heavy atom. The molecule has 5 heteroatoms. The van der Waals surface area contributed by atoms with Gasteiger partial charge in [-0.1, -0.05) is 24.3 Å². The van der Waals surface area contributed by atoms with Crippen LogP contribution in [0.25, 0.3) is 0 Å². The van der Waals surface area contributed by atoms with Gasteiger partial charge < -0.3 is 15.2 Å². The van der Waals surface area contributed by atoms with E-state index in [1.807, 2.05) is 0 Å². The Kier molecular flexibility index (Phi) is 4.53. The zero-order chi connectivity index (χ0) is 17.2. The number of amides is 1. The minimum Gasteiger partial charge on any atom is -0.497 e. The van der Waals surface area contributed by atoms with Gasteiger partial charge in [0.2, 0.25) is 5.91 Å². The van der Waals surface area contributed by atoms with Gasteiger partial charge in [0.25, 0.3) is 0 Å². The minimum atomic E-state index is -0.788. The molecule has 1 aliphatic carbocycles. The van der Waals surface area contributed by atoms with Crippen molar-refractivity contribution in [2.75, 3.05) is 13.7 Å². The van der Waals surface area contributed by atoms with E-state index in [0.29, 0.717) is 11.3 Å². The average molecular weight is 329 g/mol. The minimum absolute atomic E-state index is 0.123. The van der Waals surface area contributed by atoms with Crippen molar-refractivity contribution in [3.05, 3.63) is 65.5 Å². The van der Waals surface area contributed by atoms with Crippen LogP contribution < -0.4 is 10.1 Å². The van der Waals surface area contributed by atoms with Crippen molar-refractivity contribution < 1.29 is 19.0 Å². The van der Waals surface area contributed by atoms with Gasteiger partial charge in [0.05, 0.1) is 18.6 Å². The standard InChI is InChI=1S/C19H20FNO3/c1-24-16-8-2-13(3-9-16)17(22)12-21-18(23)19(10-11-19)14-4-6-15(20)7-5-14/h2-9,17,22H,10-12H2,1H3,(H,21,23)/t17-/m0/s1. The molecule has 1 amide bonds. The third-order valence-corrected chi connectivity index (χ3v) is 4.54. The van der Waals surface area contributed by atoms with Crippen molar-refractivity contribution in [2.45, 2.75) is 24.4 Å². The third-order valence-electron chi connectivity index (χ3n) is 4.54. The van der Waals surface area contributed by atoms with Gasteiger partial charge in [0.15, 0.2) is 0 Å². The van der Waals surface area contributed by atoms with E-state index in [1.54, 1.807) is 43.5 Å². The normalized spacial score (nSPS) is 16.3. The van der Waals surface area contributed by atoms with Crippen LogP contribution in [0.4, 0.5) is 4.39 Å². The molecule has 1 fully saturated rings. The van der Waals surface area contributed by atoms with Crippen LogP contribution >= 0.6 is 0 Å². The Labute approximate surface area is 140 Å². The van der Waals surface area contributed by atoms with Gasteiger partial charge >= 0.3 is 0 Å². The first-order valence-corrected chi connectivity index (χ1v) is 7.91. The van der Waals surface area contributed by atoms with Crippen molar-refractivity contribution in [1.82, 2.24) is 5.32 Å². The van der Waals surface area contributed by atoms with Crippen molar-refractivity contribution in [1.29, 1.82) is 0 Å². The lowest BCUT2D eigenvalue weighted by Gasteiger charge is -2.18. The molecular weight excluding hydrogens is 309 g/mol. The van der Waals surface area contributed by atoms with E-state index in [9.17, 15) is 14.3 Å². The predicted octanol–water partition coefficient (Wildman–Crippen LogP) is 2.72. The molecule has 2 aromatic carbocycles. The number of benzene rings is 2. The molecule has 0 spiro atoms. The summed E-state index contributed by atoms with van der Waals surface area (Å²) in [5, 5.41) is 13.0. The summed E-state index contributed by atoms with van der Waals surface area (Å²) in [6.07, 6.45) is 0.690. The van der Waals surface area contributed by atoms with E-state index in [4.69, 9.17) is 4.74 Å². The molecule has 0 unspecified atom stereocenters. The third kappa shape index (κ3) is 3.26. The first-order valence-electron chi connectivity index (χ1n) is 7.91. The Balaban J connectivity index is 1.61. The molecule has 0 aromatic heterocycles. The number of carbonyl (C=O) groups is 1. The van der Waals surface area contributed by atoms with E-state index in [-0.39, 0.29) is 18.3 Å². The number of aliphatic hydroxyl groups excluding tert-OH is 1. The van der Waals surface area contributed by atoms with Gasteiger partial charge in [0, 0.05) is 6.54 Å². The van der Waals surface area contributed by atoms with Crippen molar-refractivity contribution >= 4 is 5.91 Å². The molecular formula is C19H20FNO3. The number of hydrogen-bond donors (Lipinski definition) is 2. The topological polar surface area (TPSA) is 58.6 Å². The summed E-state index contributed by atoms with van der Waals surface area (Å²) >= 11 is 0. The number of methoxy groups -OCH3 is 1. The van der Waals surface area contributed by atoms with Crippen LogP contribution in [-0.2, 0) is 10.2 Å². The number of halogens is 1. The molecule has 1 saturated carbocycles. The maximum absolute atomic E-state index is 13.0. The Bertz CT molecular complexity index is 708. The number of carbonyl (C=O) groups excluding carboxylic acids is 1. The molecule has 0 saturated heterocycles. The molecule has 2 N–H and O–H groups in total. The summed E-state index contributed by atoms with van der Waals surface area (Å²) in [5.41, 5.74) is 0.955. The number of rotatable bonds is 6. The van der Waals surface area contributed by atoms with Gasteiger partial charge in [-0.25, -0.2) is 4.39 Å². The number of nitrogens with one attached hydrogen (secondary N) is 1. The van der Waals surface area contributed by atoms with Crippen molar-refractivity contribution in [3.8, 4) is 5.75 Å². The Morgan fingerprint density at radius 2 is 1.83 bits per heavy atom. The highest BCUT2D eigenvalue weighted by Gasteiger charge is 2.51. The number of ether oxygens (including phenoxy) is 1. The maximum atomic E-state index is 13.0. The first kappa shape index (κ1) is 16.5. The molecule has 3 rings (SSSR count). The second kappa shape index (κ2) is 6.61. The van der Waals surface area contributed by atoms with Crippen LogP contribution in [-0.4, -0.2) is 24.7 Å². The molecule has 0 bridgehead atoms. The molecule has 0 aliphatic heterocycles. The van der Waals surface area contributed by atoms with Gasteiger partial charge in [-0.2, -0.15) is 0 Å². The molecule has 1 aliphatic rings. The quantitative estimate of drug-likeness (QED) is 0.857. The van der Waals surface area contributed by atoms with Crippen LogP contribution in [0.3, 0.4) is 0 Å². The molecule has 4 nitrogen and oxygen atoms in total. The largest absolute Gasteiger partial charge is 0.497 e. The van der Waals surface area contributed by atoms with Crippen LogP contribution in [0.1, 0.15) is 30.1 Å². The molecule has 126 valence electrons. The lowest BCUT2D eigenvalue weighted by Crippen LogP contribution is -2.37. The van der Waals surface area contributed by atoms with E-state index in [1.165, 1.54) is 12.1 Å². The van der Waals surface area contributed by atoms with Crippen molar-refractivity contribution in [2.24, 2.45) is 0 Å². The van der Waals surface area contributed by atoms with Gasteiger partial charge in [-0.05, 0) is 48.2 Å². The lowest BCUT2D eigenvalue weighted by molar-refractivity contribution is -0.124. The maximum Gasteiger partial charge on any atom is 0.230 e. The summed E-state index contributed by atoms with van der Waals surface area (Å²) in [4.78, 5) is 12.5. The average Bonchev–Trinajstić information content (AvgIpc) is 3.42. The SMILES string of the molecule is COc1ccc([C@@H](O)CNC(=O)C2(c3ccc(F)cc3)CC2)cc1. The highest BCUT2D eigenvalue weighted by Crippen LogP contribution is 2.48. The summed E-state index contributed by atoms with van der Waals surface area (Å²) in [6.45, 7) is 0.133. The van der Waals surface area contributed by atoms with Crippen LogP contribution in [0.15, 0.2) is 48.5 Å². The molecule has 2 aromatic rings. The fourth-order valence-electron chi connectivity index (χ4n) is 2.84. The fourth-order valence-corrected chi connectivity index (χ4v) is 2.84. The Morgan fingerprint density at radius 1 is 1.21 bits per heavy atom. The number of aliphatic hydroxyl groups is 1. The zero-order valence-corrected chi connectivity index (χ0v) is 13.5. The first-order chi connectivity index (χ1) is 11.5. The highest BCUT2D eigenvalue weighted by atomic mass is 19.1. The summed E-state index contributed by atoms with van der Waals surface area (Å²) in [5.74, 6) is 0.273. The summed E-state index contributed by atoms with van der Waals surface area (Å²) in [7, 11) is 1.58. The van der Waals surface area contributed by atoms with E-state index in [2.05, 4.69) is 5.32 Å². The van der Waals surface area contributed by atoms with Crippen molar-refractivity contribution in [3.63, 3.8) is 0 Å². The summed E-state index contributed by atoms with van der Waals surface area (Å²) in [6, 6.07) is 13.1. The fraction of sp³-hybridized carbons (Fsp3) is 0.316. The monoisotopic (exact) mass is 329 g/mol. The number of hydrogen-bond acceptors (Lipinski definition) is 3. The second-order valence-corrected chi connectivity index (χ2v) is 6.09. The highest BCUT2D eigenvalue weighted by molar-refractivity contribution is 5.91. The van der Waals surface area contributed by atoms with E-state index >= 15 is 0 Å². The smallest absolute Gasteiger partial charge is 0.230 e. The van der Waals surface area contributed by atoms with Gasteiger partial charge in [-0.3, -0.25) is 4.79 Å². The van der Waals surface area contributed by atoms with Gasteiger partial charge in [0.1, 0.15) is 11.6 Å². The molecule has 1 atom stereocenters. The zero-order valence-electron chi connectivity index (χ0n) is 13.5. The second-order valence-electron chi connectivity index (χ2n) is 6.09. The van der Waals surface area contributed by atoms with Crippen LogP contribution in [0.5, 0.6) is 5.75 Å². The van der Waals surface area contributed by atoms with Crippen LogP contribution in [0.2, 0.25) is 0 Å². The predicted molar refractivity (Wildman–Crippen MR) is 88.3 cm³/mol. The van der Waals surface area contributed by atoms with Gasteiger partial charge in [-0.15, -0.1) is 0 Å². The molecule has 0 radical (unpaired) electrons. The van der Waals surface area contributed by atoms with E-state index < -0.39 is 11.5 Å². The van der Waals surface area contributed by atoms with E-state index in [0.717, 1.165) is 18.4 Å². The lowest BCUT2D eigenvalue weighted by atomic mass is 9.95. The molecule has 0 heterocycles. The Hall–Kier alpha value is -2.40. The molecule has 24 heavy (non-hydrogen) atoms. The van der Waals surface area contributed by atoms with Crippen LogP contribution in [0, 0.1) is 5.82 Å².